The van der Waals surface area contributed by atoms with E-state index in [0.29, 0.717) is 29.8 Å². The van der Waals surface area contributed by atoms with Crippen LogP contribution in [0.25, 0.3) is 0 Å². The summed E-state index contributed by atoms with van der Waals surface area (Å²) < 4.78 is 1.56. The zero-order valence-electron chi connectivity index (χ0n) is 9.40. The van der Waals surface area contributed by atoms with Gasteiger partial charge in [0.15, 0.2) is 5.69 Å². The topological polar surface area (TPSA) is 50.2 Å². The fraction of sp³-hybridized carbons (Fsp3) is 0.600. The zero-order valence-corrected chi connectivity index (χ0v) is 10.2. The van der Waals surface area contributed by atoms with Crippen molar-refractivity contribution >= 4 is 17.5 Å². The van der Waals surface area contributed by atoms with Gasteiger partial charge in [0, 0.05) is 38.9 Å². The van der Waals surface area contributed by atoms with Crippen molar-refractivity contribution in [2.24, 2.45) is 7.05 Å². The normalized spacial score (nSPS) is 21.2. The molecule has 0 aliphatic carbocycles. The molecular formula is C10H15ClN4O. The lowest BCUT2D eigenvalue weighted by Gasteiger charge is -2.31. The van der Waals surface area contributed by atoms with Crippen LogP contribution < -0.4 is 5.32 Å². The van der Waals surface area contributed by atoms with Crippen LogP contribution in [0.1, 0.15) is 17.4 Å². The molecule has 2 rings (SSSR count). The van der Waals surface area contributed by atoms with Crippen LogP contribution in [-0.4, -0.2) is 46.3 Å². The lowest BCUT2D eigenvalue weighted by molar-refractivity contribution is 0.0702. The van der Waals surface area contributed by atoms with E-state index in [1.807, 2.05) is 0 Å². The summed E-state index contributed by atoms with van der Waals surface area (Å²) in [4.78, 5) is 13.9. The number of aryl methyl sites for hydroxylation is 1. The molecule has 1 fully saturated rings. The molecule has 1 amide bonds. The van der Waals surface area contributed by atoms with Crippen molar-refractivity contribution in [3.05, 3.63) is 16.9 Å². The molecule has 1 saturated heterocycles. The molecule has 0 spiro atoms. The second-order valence-electron chi connectivity index (χ2n) is 4.11. The van der Waals surface area contributed by atoms with Crippen molar-refractivity contribution in [1.82, 2.24) is 20.0 Å². The Bertz CT molecular complexity index is 404. The van der Waals surface area contributed by atoms with Gasteiger partial charge >= 0.3 is 0 Å². The van der Waals surface area contributed by atoms with E-state index >= 15 is 0 Å². The molecule has 2 heterocycles. The molecule has 1 aliphatic rings. The molecule has 1 aliphatic heterocycles. The third-order valence-electron chi connectivity index (χ3n) is 2.64. The van der Waals surface area contributed by atoms with Crippen LogP contribution in [0, 0.1) is 0 Å². The van der Waals surface area contributed by atoms with Crippen LogP contribution in [0.3, 0.4) is 0 Å². The Morgan fingerprint density at radius 3 is 3.00 bits per heavy atom. The average Bonchev–Trinajstić information content (AvgIpc) is 2.57. The Morgan fingerprint density at radius 1 is 1.69 bits per heavy atom. The molecule has 16 heavy (non-hydrogen) atoms. The standard InChI is InChI=1S/C10H15ClN4O/c1-7-5-15(4-3-12-7)10(16)9-8(11)6-14(2)13-9/h6-7,12H,3-5H2,1-2H3/t7-/m0/s1. The highest BCUT2D eigenvalue weighted by Gasteiger charge is 2.25. The first kappa shape index (κ1) is 11.4. The van der Waals surface area contributed by atoms with Gasteiger partial charge in [-0.3, -0.25) is 9.48 Å². The highest BCUT2D eigenvalue weighted by atomic mass is 35.5. The summed E-state index contributed by atoms with van der Waals surface area (Å²) in [6.07, 6.45) is 1.64. The number of carbonyl (C=O) groups excluding carboxylic acids is 1. The van der Waals surface area contributed by atoms with Crippen molar-refractivity contribution in [2.75, 3.05) is 19.6 Å². The second kappa shape index (κ2) is 4.43. The Morgan fingerprint density at radius 2 is 2.44 bits per heavy atom. The van der Waals surface area contributed by atoms with Crippen LogP contribution in [0.5, 0.6) is 0 Å². The number of hydrogen-bond acceptors (Lipinski definition) is 3. The predicted molar refractivity (Wildman–Crippen MR) is 61.6 cm³/mol. The van der Waals surface area contributed by atoms with Crippen molar-refractivity contribution in [2.45, 2.75) is 13.0 Å². The van der Waals surface area contributed by atoms with Crippen molar-refractivity contribution in [1.29, 1.82) is 0 Å². The van der Waals surface area contributed by atoms with E-state index in [2.05, 4.69) is 17.3 Å². The van der Waals surface area contributed by atoms with Gasteiger partial charge in [0.2, 0.25) is 0 Å². The van der Waals surface area contributed by atoms with E-state index in [0.717, 1.165) is 6.54 Å². The minimum absolute atomic E-state index is 0.0843. The van der Waals surface area contributed by atoms with Crippen molar-refractivity contribution < 1.29 is 4.79 Å². The van der Waals surface area contributed by atoms with E-state index in [-0.39, 0.29) is 5.91 Å². The van der Waals surface area contributed by atoms with Crippen molar-refractivity contribution in [3.8, 4) is 0 Å². The van der Waals surface area contributed by atoms with Gasteiger partial charge in [0.1, 0.15) is 0 Å². The Kier molecular flexibility index (Phi) is 3.16. The molecule has 6 heteroatoms. The van der Waals surface area contributed by atoms with Crippen LogP contribution in [-0.2, 0) is 7.05 Å². The van der Waals surface area contributed by atoms with E-state index in [1.54, 1.807) is 22.8 Å². The lowest BCUT2D eigenvalue weighted by atomic mass is 10.2. The summed E-state index contributed by atoms with van der Waals surface area (Å²) in [6.45, 7) is 4.28. The molecule has 88 valence electrons. The number of carbonyl (C=O) groups is 1. The average molecular weight is 243 g/mol. The van der Waals surface area contributed by atoms with Crippen LogP contribution in [0.4, 0.5) is 0 Å². The summed E-state index contributed by atoms with van der Waals surface area (Å²) in [5.74, 6) is -0.0843. The molecule has 0 unspecified atom stereocenters. The third-order valence-corrected chi connectivity index (χ3v) is 2.92. The van der Waals surface area contributed by atoms with Gasteiger partial charge in [-0.05, 0) is 6.92 Å². The first-order valence-corrected chi connectivity index (χ1v) is 5.67. The van der Waals surface area contributed by atoms with E-state index < -0.39 is 0 Å². The molecule has 1 atom stereocenters. The van der Waals surface area contributed by atoms with Gasteiger partial charge in [0.05, 0.1) is 5.02 Å². The molecule has 0 radical (unpaired) electrons. The Labute approximate surface area is 99.4 Å². The number of nitrogens with one attached hydrogen (secondary N) is 1. The monoisotopic (exact) mass is 242 g/mol. The number of hydrogen-bond donors (Lipinski definition) is 1. The van der Waals surface area contributed by atoms with Crippen molar-refractivity contribution in [3.63, 3.8) is 0 Å². The predicted octanol–water partition coefficient (Wildman–Crippen LogP) is 0.507. The Balaban J connectivity index is 2.15. The zero-order chi connectivity index (χ0) is 11.7. The highest BCUT2D eigenvalue weighted by molar-refractivity contribution is 6.33. The fourth-order valence-corrected chi connectivity index (χ4v) is 2.13. The quantitative estimate of drug-likeness (QED) is 0.781. The maximum atomic E-state index is 12.1. The molecule has 1 N–H and O–H groups in total. The number of rotatable bonds is 1. The first-order valence-electron chi connectivity index (χ1n) is 5.29. The number of nitrogens with zero attached hydrogens (tertiary/aromatic N) is 3. The molecule has 0 aromatic carbocycles. The van der Waals surface area contributed by atoms with Gasteiger partial charge in [-0.15, -0.1) is 0 Å². The summed E-state index contributed by atoms with van der Waals surface area (Å²) in [6, 6.07) is 0.320. The van der Waals surface area contributed by atoms with Gasteiger partial charge in [0.25, 0.3) is 5.91 Å². The van der Waals surface area contributed by atoms with Gasteiger partial charge in [-0.25, -0.2) is 0 Å². The first-order chi connectivity index (χ1) is 7.58. The van der Waals surface area contributed by atoms with Crippen LogP contribution in [0.2, 0.25) is 5.02 Å². The summed E-state index contributed by atoms with van der Waals surface area (Å²) in [7, 11) is 1.75. The minimum Gasteiger partial charge on any atom is -0.334 e. The number of halogens is 1. The fourth-order valence-electron chi connectivity index (χ4n) is 1.87. The summed E-state index contributed by atoms with van der Waals surface area (Å²) >= 11 is 5.95. The minimum atomic E-state index is -0.0843. The third kappa shape index (κ3) is 2.20. The number of amides is 1. The van der Waals surface area contributed by atoms with Gasteiger partial charge < -0.3 is 10.2 Å². The summed E-state index contributed by atoms with van der Waals surface area (Å²) in [5.41, 5.74) is 0.346. The van der Waals surface area contributed by atoms with Gasteiger partial charge in [-0.2, -0.15) is 5.10 Å². The molecule has 1 aromatic heterocycles. The maximum Gasteiger partial charge on any atom is 0.276 e. The van der Waals surface area contributed by atoms with Crippen LogP contribution >= 0.6 is 11.6 Å². The smallest absolute Gasteiger partial charge is 0.276 e. The van der Waals surface area contributed by atoms with E-state index in [4.69, 9.17) is 11.6 Å². The molecule has 5 nitrogen and oxygen atoms in total. The molecule has 0 bridgehead atoms. The molecular weight excluding hydrogens is 228 g/mol. The van der Waals surface area contributed by atoms with E-state index in [9.17, 15) is 4.79 Å². The molecule has 0 saturated carbocycles. The lowest BCUT2D eigenvalue weighted by Crippen LogP contribution is -2.51. The van der Waals surface area contributed by atoms with E-state index in [1.165, 1.54) is 0 Å². The summed E-state index contributed by atoms with van der Waals surface area (Å²) in [5, 5.41) is 7.78. The maximum absolute atomic E-state index is 12.1. The van der Waals surface area contributed by atoms with Gasteiger partial charge in [-0.1, -0.05) is 11.6 Å². The SMILES string of the molecule is C[C@H]1CN(C(=O)c2nn(C)cc2Cl)CCN1. The van der Waals surface area contributed by atoms with Crippen LogP contribution in [0.15, 0.2) is 6.20 Å². The molecule has 1 aromatic rings. The largest absolute Gasteiger partial charge is 0.334 e. The highest BCUT2D eigenvalue weighted by Crippen LogP contribution is 2.16. The number of aromatic nitrogens is 2. The number of piperazine rings is 1. The Hall–Kier alpha value is -1.07. The second-order valence-corrected chi connectivity index (χ2v) is 4.51.